The lowest BCUT2D eigenvalue weighted by Crippen LogP contribution is -2.06. The molecule has 4 rings (SSSR count). The lowest BCUT2D eigenvalue weighted by molar-refractivity contribution is 0.274. The van der Waals surface area contributed by atoms with Gasteiger partial charge in [-0.15, -0.1) is 15.3 Å². The summed E-state index contributed by atoms with van der Waals surface area (Å²) in [5.41, 5.74) is 1.60. The molecule has 0 aliphatic heterocycles. The van der Waals surface area contributed by atoms with Crippen LogP contribution in [0.2, 0.25) is 0 Å². The lowest BCUT2D eigenvalue weighted by atomic mass is 10.2. The van der Waals surface area contributed by atoms with E-state index >= 15 is 0 Å². The van der Waals surface area contributed by atoms with Crippen LogP contribution in [0.25, 0.3) is 17.0 Å². The summed E-state index contributed by atoms with van der Waals surface area (Å²) < 4.78 is 9.02. The van der Waals surface area contributed by atoms with Gasteiger partial charge in [0.1, 0.15) is 12.9 Å². The van der Waals surface area contributed by atoms with E-state index in [1.807, 2.05) is 43.4 Å². The molecule has 114 valence electrons. The lowest BCUT2D eigenvalue weighted by Gasteiger charge is -2.05. The molecule has 0 unspecified atom stereocenters. The highest BCUT2D eigenvalue weighted by molar-refractivity contribution is 5.58. The smallest absolute Gasteiger partial charge is 0.232 e. The number of hydrogen-bond acceptors (Lipinski definition) is 6. The number of hydrogen-bond donors (Lipinski definition) is 0. The Balaban J connectivity index is 1.66. The predicted octanol–water partition coefficient (Wildman–Crippen LogP) is 1.50. The van der Waals surface area contributed by atoms with Crippen molar-refractivity contribution >= 4 is 5.65 Å². The van der Waals surface area contributed by atoms with Crippen molar-refractivity contribution in [2.45, 2.75) is 6.61 Å². The second kappa shape index (κ2) is 5.48. The molecule has 3 heterocycles. The fraction of sp³-hybridized carbons (Fsp3) is 0.133. The molecule has 0 amide bonds. The third kappa shape index (κ3) is 2.50. The van der Waals surface area contributed by atoms with E-state index in [-0.39, 0.29) is 6.61 Å². The van der Waals surface area contributed by atoms with Crippen LogP contribution >= 0.6 is 0 Å². The van der Waals surface area contributed by atoms with Crippen molar-refractivity contribution in [1.82, 2.24) is 34.6 Å². The van der Waals surface area contributed by atoms with E-state index in [1.54, 1.807) is 15.3 Å². The fourth-order valence-corrected chi connectivity index (χ4v) is 2.21. The first-order valence-electron chi connectivity index (χ1n) is 7.05. The largest absolute Gasteiger partial charge is 0.468 e. The van der Waals surface area contributed by atoms with Gasteiger partial charge in [0.2, 0.25) is 5.88 Å². The quantitative estimate of drug-likeness (QED) is 0.568. The first kappa shape index (κ1) is 13.4. The highest BCUT2D eigenvalue weighted by atomic mass is 16.5. The molecule has 0 aliphatic rings. The van der Waals surface area contributed by atoms with Gasteiger partial charge in [-0.2, -0.15) is 9.61 Å². The van der Waals surface area contributed by atoms with Gasteiger partial charge in [0.05, 0.1) is 0 Å². The molecule has 23 heavy (non-hydrogen) atoms. The summed E-state index contributed by atoms with van der Waals surface area (Å²) in [6, 6.07) is 13.4. The molecule has 1 aromatic carbocycles. The Labute approximate surface area is 131 Å². The van der Waals surface area contributed by atoms with E-state index < -0.39 is 0 Å². The molecular weight excluding hydrogens is 294 g/mol. The maximum Gasteiger partial charge on any atom is 0.232 e. The summed E-state index contributed by atoms with van der Waals surface area (Å²) in [5.74, 6) is 1.86. The molecule has 0 atom stereocenters. The van der Waals surface area contributed by atoms with Gasteiger partial charge in [0.25, 0.3) is 0 Å². The van der Waals surface area contributed by atoms with Gasteiger partial charge in [-0.1, -0.05) is 30.3 Å². The third-order valence-corrected chi connectivity index (χ3v) is 3.42. The normalized spacial score (nSPS) is 11.0. The van der Waals surface area contributed by atoms with Gasteiger partial charge in [0.15, 0.2) is 17.3 Å². The van der Waals surface area contributed by atoms with Crippen LogP contribution in [0, 0.1) is 0 Å². The molecule has 0 saturated heterocycles. The number of ether oxygens (including phenoxy) is 1. The molecule has 0 radical (unpaired) electrons. The van der Waals surface area contributed by atoms with E-state index in [0.29, 0.717) is 17.4 Å². The maximum absolute atomic E-state index is 5.69. The Morgan fingerprint density at radius 1 is 1.04 bits per heavy atom. The predicted molar refractivity (Wildman–Crippen MR) is 81.6 cm³/mol. The molecular formula is C15H13N7O. The van der Waals surface area contributed by atoms with Crippen LogP contribution in [0.3, 0.4) is 0 Å². The Bertz CT molecular complexity index is 945. The van der Waals surface area contributed by atoms with Crippen molar-refractivity contribution in [3.8, 4) is 17.3 Å². The molecule has 4 aromatic rings. The minimum Gasteiger partial charge on any atom is -0.468 e. The van der Waals surface area contributed by atoms with Gasteiger partial charge in [0, 0.05) is 18.7 Å². The van der Waals surface area contributed by atoms with Gasteiger partial charge < -0.3 is 4.74 Å². The van der Waals surface area contributed by atoms with Crippen molar-refractivity contribution < 1.29 is 4.74 Å². The Hall–Kier alpha value is -3.29. The Morgan fingerprint density at radius 2 is 1.91 bits per heavy atom. The number of aromatic nitrogens is 7. The molecule has 0 N–H and O–H groups in total. The monoisotopic (exact) mass is 307 g/mol. The third-order valence-electron chi connectivity index (χ3n) is 3.42. The molecule has 0 aliphatic carbocycles. The van der Waals surface area contributed by atoms with E-state index in [1.165, 1.54) is 6.33 Å². The first-order valence-corrected chi connectivity index (χ1v) is 7.05. The van der Waals surface area contributed by atoms with Crippen molar-refractivity contribution in [2.75, 3.05) is 0 Å². The van der Waals surface area contributed by atoms with Crippen molar-refractivity contribution in [1.29, 1.82) is 0 Å². The zero-order valence-electron chi connectivity index (χ0n) is 12.4. The summed E-state index contributed by atoms with van der Waals surface area (Å²) in [5, 5.41) is 16.8. The minimum atomic E-state index is 0.289. The minimum absolute atomic E-state index is 0.289. The van der Waals surface area contributed by atoms with Crippen molar-refractivity contribution in [3.05, 3.63) is 54.6 Å². The van der Waals surface area contributed by atoms with Gasteiger partial charge >= 0.3 is 0 Å². The average Bonchev–Trinajstić information content (AvgIpc) is 3.19. The Morgan fingerprint density at radius 3 is 2.70 bits per heavy atom. The van der Waals surface area contributed by atoms with Gasteiger partial charge in [-0.25, -0.2) is 4.98 Å². The first-order chi connectivity index (χ1) is 11.3. The summed E-state index contributed by atoms with van der Waals surface area (Å²) in [4.78, 5) is 4.12. The summed E-state index contributed by atoms with van der Waals surface area (Å²) >= 11 is 0. The second-order valence-electron chi connectivity index (χ2n) is 4.92. The van der Waals surface area contributed by atoms with Crippen LogP contribution in [-0.4, -0.2) is 34.6 Å². The molecule has 0 spiro atoms. The molecule has 3 aromatic heterocycles. The highest BCUT2D eigenvalue weighted by Crippen LogP contribution is 2.18. The zero-order valence-corrected chi connectivity index (χ0v) is 12.4. The van der Waals surface area contributed by atoms with E-state index in [0.717, 1.165) is 11.4 Å². The number of aryl methyl sites for hydroxylation is 1. The summed E-state index contributed by atoms with van der Waals surface area (Å²) in [6.45, 7) is 0.289. The molecule has 0 saturated carbocycles. The van der Waals surface area contributed by atoms with E-state index in [2.05, 4.69) is 25.4 Å². The number of fused-ring (bicyclic) bond motifs is 1. The topological polar surface area (TPSA) is 83.0 Å². The highest BCUT2D eigenvalue weighted by Gasteiger charge is 2.10. The van der Waals surface area contributed by atoms with Crippen LogP contribution in [-0.2, 0) is 13.7 Å². The molecule has 0 bridgehead atoms. The van der Waals surface area contributed by atoms with Gasteiger partial charge in [-0.3, -0.25) is 4.68 Å². The number of rotatable bonds is 4. The van der Waals surface area contributed by atoms with Gasteiger partial charge in [-0.05, 0) is 6.07 Å². The van der Waals surface area contributed by atoms with E-state index in [9.17, 15) is 0 Å². The summed E-state index contributed by atoms with van der Waals surface area (Å²) in [7, 11) is 1.82. The maximum atomic E-state index is 5.69. The molecule has 0 fully saturated rings. The Kier molecular flexibility index (Phi) is 3.19. The van der Waals surface area contributed by atoms with Crippen molar-refractivity contribution in [3.63, 3.8) is 0 Å². The van der Waals surface area contributed by atoms with Crippen LogP contribution in [0.5, 0.6) is 5.88 Å². The zero-order chi connectivity index (χ0) is 15.6. The number of benzene rings is 1. The number of nitrogens with zero attached hydrogens (tertiary/aromatic N) is 7. The van der Waals surface area contributed by atoms with Crippen LogP contribution in [0.15, 0.2) is 48.8 Å². The van der Waals surface area contributed by atoms with E-state index in [4.69, 9.17) is 4.74 Å². The molecule has 8 heteroatoms. The van der Waals surface area contributed by atoms with Crippen LogP contribution in [0.1, 0.15) is 5.82 Å². The molecule has 8 nitrogen and oxygen atoms in total. The average molecular weight is 307 g/mol. The standard InChI is InChI=1S/C15H13N7O/c1-21-13(16-10-17-21)9-23-14-8-7-12-18-19-15(22(12)20-14)11-5-3-2-4-6-11/h2-8,10H,9H2,1H3. The summed E-state index contributed by atoms with van der Waals surface area (Å²) in [6.07, 6.45) is 1.49. The van der Waals surface area contributed by atoms with Crippen molar-refractivity contribution in [2.24, 2.45) is 7.05 Å². The second-order valence-corrected chi connectivity index (χ2v) is 4.92. The van der Waals surface area contributed by atoms with Crippen LogP contribution in [0.4, 0.5) is 0 Å². The SMILES string of the molecule is Cn1ncnc1COc1ccc2nnc(-c3ccccc3)n2n1. The van der Waals surface area contributed by atoms with Crippen LogP contribution < -0.4 is 4.74 Å². The fourth-order valence-electron chi connectivity index (χ4n) is 2.21.